The molecule has 23 heavy (non-hydrogen) atoms. The molecule has 0 aromatic heterocycles. The number of halogens is 3. The summed E-state index contributed by atoms with van der Waals surface area (Å²) >= 11 is 0. The van der Waals surface area contributed by atoms with Crippen LogP contribution in [0.3, 0.4) is 0 Å². The minimum Gasteiger partial charge on any atom is -0.284 e. The topological polar surface area (TPSA) is 54.5 Å². The van der Waals surface area contributed by atoms with Crippen molar-refractivity contribution in [1.82, 2.24) is 0 Å². The zero-order valence-electron chi connectivity index (χ0n) is 11.9. The van der Waals surface area contributed by atoms with E-state index in [2.05, 4.69) is 0 Å². The molecule has 2 aromatic carbocycles. The molecule has 2 rings (SSSR count). The molecule has 0 aliphatic heterocycles. The second kappa shape index (κ2) is 6.04. The van der Waals surface area contributed by atoms with E-state index >= 15 is 0 Å². The van der Waals surface area contributed by atoms with Gasteiger partial charge in [0, 0.05) is 12.6 Å². The van der Waals surface area contributed by atoms with Gasteiger partial charge in [0.05, 0.1) is 10.6 Å². The van der Waals surface area contributed by atoms with Crippen LogP contribution in [0.2, 0.25) is 0 Å². The van der Waals surface area contributed by atoms with Crippen molar-refractivity contribution in [2.45, 2.75) is 11.1 Å². The Labute approximate surface area is 131 Å². The standard InChI is InChI=1S/C15H12F3NO3S/c1-19(12-5-3-2-4-6-12)23(21,22)13-9-7-11(8-10-13)14(20)15(16,17)18/h2-10H,1H3. The molecule has 0 radical (unpaired) electrons. The normalized spacial score (nSPS) is 12.0. The maximum Gasteiger partial charge on any atom is 0.454 e. The Morgan fingerprint density at radius 2 is 1.48 bits per heavy atom. The summed E-state index contributed by atoms with van der Waals surface area (Å²) in [7, 11) is -2.60. The Morgan fingerprint density at radius 1 is 0.957 bits per heavy atom. The van der Waals surface area contributed by atoms with Crippen molar-refractivity contribution in [3.63, 3.8) is 0 Å². The average Bonchev–Trinajstić information content (AvgIpc) is 2.53. The summed E-state index contributed by atoms with van der Waals surface area (Å²) in [5.41, 5.74) is -0.207. The van der Waals surface area contributed by atoms with E-state index in [4.69, 9.17) is 0 Å². The van der Waals surface area contributed by atoms with E-state index in [1.54, 1.807) is 30.3 Å². The second-order valence-electron chi connectivity index (χ2n) is 4.66. The lowest BCUT2D eigenvalue weighted by Crippen LogP contribution is -2.27. The van der Waals surface area contributed by atoms with Crippen LogP contribution in [0.5, 0.6) is 0 Å². The van der Waals surface area contributed by atoms with E-state index < -0.39 is 27.5 Å². The summed E-state index contributed by atoms with van der Waals surface area (Å²) in [6, 6.07) is 11.9. The van der Waals surface area contributed by atoms with E-state index in [0.717, 1.165) is 28.6 Å². The number of anilines is 1. The van der Waals surface area contributed by atoms with Crippen LogP contribution in [0.4, 0.5) is 18.9 Å². The zero-order valence-corrected chi connectivity index (χ0v) is 12.7. The number of carbonyl (C=O) groups is 1. The van der Waals surface area contributed by atoms with Gasteiger partial charge in [0.15, 0.2) is 0 Å². The molecule has 2 aromatic rings. The number of rotatable bonds is 4. The molecule has 0 unspecified atom stereocenters. The van der Waals surface area contributed by atoms with Crippen molar-refractivity contribution >= 4 is 21.5 Å². The molecule has 0 bridgehead atoms. The monoisotopic (exact) mass is 343 g/mol. The lowest BCUT2D eigenvalue weighted by Gasteiger charge is -2.19. The van der Waals surface area contributed by atoms with Crippen LogP contribution in [0.25, 0.3) is 0 Å². The van der Waals surface area contributed by atoms with Crippen molar-refractivity contribution in [2.24, 2.45) is 0 Å². The molecule has 0 saturated heterocycles. The first-order valence-electron chi connectivity index (χ1n) is 6.39. The van der Waals surface area contributed by atoms with Gasteiger partial charge in [0.25, 0.3) is 15.8 Å². The van der Waals surface area contributed by atoms with E-state index in [1.165, 1.54) is 7.05 Å². The first-order chi connectivity index (χ1) is 10.6. The predicted octanol–water partition coefficient (Wildman–Crippen LogP) is 3.26. The van der Waals surface area contributed by atoms with Gasteiger partial charge in [-0.1, -0.05) is 18.2 Å². The lowest BCUT2D eigenvalue weighted by molar-refractivity contribution is -0.0885. The number of benzene rings is 2. The van der Waals surface area contributed by atoms with Crippen molar-refractivity contribution in [3.8, 4) is 0 Å². The summed E-state index contributed by atoms with van der Waals surface area (Å²) in [6.07, 6.45) is -5.00. The number of para-hydroxylation sites is 1. The fraction of sp³-hybridized carbons (Fsp3) is 0.133. The molecule has 0 heterocycles. The Bertz CT molecular complexity index is 800. The number of hydrogen-bond acceptors (Lipinski definition) is 3. The van der Waals surface area contributed by atoms with Gasteiger partial charge in [-0.15, -0.1) is 0 Å². The molecule has 0 saturated carbocycles. The highest BCUT2D eigenvalue weighted by Crippen LogP contribution is 2.25. The first kappa shape index (κ1) is 17.0. The number of Topliss-reactive ketones (excluding diaryl/α,β-unsaturated/α-hetero) is 1. The van der Waals surface area contributed by atoms with Crippen LogP contribution in [0.1, 0.15) is 10.4 Å². The van der Waals surface area contributed by atoms with Crippen molar-refractivity contribution < 1.29 is 26.4 Å². The van der Waals surface area contributed by atoms with Crippen molar-refractivity contribution in [3.05, 3.63) is 60.2 Å². The molecule has 8 heteroatoms. The number of carbonyl (C=O) groups excluding carboxylic acids is 1. The highest BCUT2D eigenvalue weighted by Gasteiger charge is 2.39. The van der Waals surface area contributed by atoms with Crippen molar-refractivity contribution in [2.75, 3.05) is 11.4 Å². The van der Waals surface area contributed by atoms with E-state index in [9.17, 15) is 26.4 Å². The number of alkyl halides is 3. The third-order valence-electron chi connectivity index (χ3n) is 3.15. The summed E-state index contributed by atoms with van der Waals surface area (Å²) in [5.74, 6) is -2.02. The van der Waals surface area contributed by atoms with Crippen LogP contribution in [-0.2, 0) is 10.0 Å². The summed E-state index contributed by atoms with van der Waals surface area (Å²) in [4.78, 5) is 10.9. The molecule has 0 aliphatic rings. The zero-order chi connectivity index (χ0) is 17.3. The quantitative estimate of drug-likeness (QED) is 0.801. The fourth-order valence-corrected chi connectivity index (χ4v) is 3.07. The van der Waals surface area contributed by atoms with Gasteiger partial charge in [-0.25, -0.2) is 8.42 Å². The smallest absolute Gasteiger partial charge is 0.284 e. The molecule has 0 spiro atoms. The van der Waals surface area contributed by atoms with Gasteiger partial charge in [-0.2, -0.15) is 13.2 Å². The third-order valence-corrected chi connectivity index (χ3v) is 4.95. The molecule has 0 atom stereocenters. The highest BCUT2D eigenvalue weighted by molar-refractivity contribution is 7.92. The van der Waals surface area contributed by atoms with Gasteiger partial charge in [-0.05, 0) is 36.4 Å². The van der Waals surface area contributed by atoms with Crippen LogP contribution in [-0.4, -0.2) is 27.4 Å². The van der Waals surface area contributed by atoms with E-state index in [0.29, 0.717) is 5.69 Å². The third kappa shape index (κ3) is 3.53. The molecule has 0 N–H and O–H groups in total. The van der Waals surface area contributed by atoms with Gasteiger partial charge in [0.1, 0.15) is 0 Å². The molecule has 0 amide bonds. The second-order valence-corrected chi connectivity index (χ2v) is 6.63. The minimum absolute atomic E-state index is 0.206. The summed E-state index contributed by atoms with van der Waals surface area (Å²) in [5, 5.41) is 0. The van der Waals surface area contributed by atoms with Gasteiger partial charge in [-0.3, -0.25) is 9.10 Å². The first-order valence-corrected chi connectivity index (χ1v) is 7.83. The van der Waals surface area contributed by atoms with Crippen LogP contribution in [0.15, 0.2) is 59.5 Å². The van der Waals surface area contributed by atoms with Crippen LogP contribution < -0.4 is 4.31 Å². The van der Waals surface area contributed by atoms with Gasteiger partial charge < -0.3 is 0 Å². The summed E-state index contributed by atoms with van der Waals surface area (Å²) in [6.45, 7) is 0. The number of ketones is 1. The maximum atomic E-state index is 12.4. The highest BCUT2D eigenvalue weighted by atomic mass is 32.2. The van der Waals surface area contributed by atoms with E-state index in [1.807, 2.05) is 0 Å². The number of hydrogen-bond donors (Lipinski definition) is 0. The van der Waals surface area contributed by atoms with Crippen molar-refractivity contribution in [1.29, 1.82) is 0 Å². The Morgan fingerprint density at radius 3 is 1.96 bits per heavy atom. The maximum absolute atomic E-state index is 12.4. The lowest BCUT2D eigenvalue weighted by atomic mass is 10.1. The molecular weight excluding hydrogens is 331 g/mol. The molecule has 4 nitrogen and oxygen atoms in total. The summed E-state index contributed by atoms with van der Waals surface area (Å²) < 4.78 is 62.9. The Hall–Kier alpha value is -2.35. The van der Waals surface area contributed by atoms with Gasteiger partial charge >= 0.3 is 6.18 Å². The number of sulfonamides is 1. The predicted molar refractivity (Wildman–Crippen MR) is 78.9 cm³/mol. The van der Waals surface area contributed by atoms with Gasteiger partial charge in [0.2, 0.25) is 0 Å². The molecule has 0 aliphatic carbocycles. The minimum atomic E-state index is -5.00. The Balaban J connectivity index is 2.33. The van der Waals surface area contributed by atoms with Crippen LogP contribution >= 0.6 is 0 Å². The molecular formula is C15H12F3NO3S. The largest absolute Gasteiger partial charge is 0.454 e. The molecule has 122 valence electrons. The SMILES string of the molecule is CN(c1ccccc1)S(=O)(=O)c1ccc(C(=O)C(F)(F)F)cc1. The van der Waals surface area contributed by atoms with Crippen LogP contribution in [0, 0.1) is 0 Å². The van der Waals surface area contributed by atoms with E-state index in [-0.39, 0.29) is 4.90 Å². The Kier molecular flexibility index (Phi) is 4.46. The average molecular weight is 343 g/mol. The number of nitrogens with zero attached hydrogens (tertiary/aromatic N) is 1. The fourth-order valence-electron chi connectivity index (χ4n) is 1.88. The molecule has 0 fully saturated rings.